The van der Waals surface area contributed by atoms with Crippen molar-refractivity contribution < 1.29 is 24.0 Å². The van der Waals surface area contributed by atoms with Gasteiger partial charge in [0.15, 0.2) is 5.96 Å². The zero-order chi connectivity index (χ0) is 50.6. The van der Waals surface area contributed by atoms with Crippen LogP contribution in [0.3, 0.4) is 0 Å². The molecule has 1 aromatic heterocycles. The number of benzene rings is 4. The molecule has 8 rings (SSSR count). The summed E-state index contributed by atoms with van der Waals surface area (Å²) >= 11 is 0. The number of nitrogens with two attached hydrogens (primary N) is 2. The van der Waals surface area contributed by atoms with Crippen LogP contribution < -0.4 is 44.1 Å². The lowest BCUT2D eigenvalue weighted by Crippen LogP contribution is -2.51. The van der Waals surface area contributed by atoms with E-state index in [1.54, 1.807) is 48.5 Å². The standard InChI is InChI=1S/C53H64N12O7/c54-27-13-24-44(66)60-50(55)57-28-14-23-43(49(70)56-29-30-63-51(71)64(37-15-3-1-4-16-37)65(52(63)72)38-17-5-2-6-18-38)58-45(67)35-53(25-11-12-26-53)36-46(68)61-31-33-62(34-32-61)47-39-19-7-8-20-40(39)48(69)59-42-22-10-9-21-41(42)47/h1-10,15-22,43,47H,11-14,23-36,54H2,(H,56,70)(H,58,67)(H,59,69)(H3,55,57,60,66)/t43-,47?/m0/s1. The number of amides is 5. The van der Waals surface area contributed by atoms with Crippen LogP contribution in [-0.2, 0) is 25.7 Å². The first-order valence-corrected chi connectivity index (χ1v) is 24.9. The average molecular weight is 981 g/mol. The molecule has 5 aromatic rings. The molecule has 19 heteroatoms. The Labute approximate surface area is 417 Å². The summed E-state index contributed by atoms with van der Waals surface area (Å²) in [6, 6.07) is 31.9. The molecule has 0 bridgehead atoms. The fraction of sp³-hybridized carbons (Fsp3) is 0.396. The number of hydrogen-bond acceptors (Lipinski definition) is 10. The summed E-state index contributed by atoms with van der Waals surface area (Å²) in [4.78, 5) is 104. The molecule has 2 atom stereocenters. The summed E-state index contributed by atoms with van der Waals surface area (Å²) < 4.78 is 3.64. The molecule has 8 N–H and O–H groups in total. The Hall–Kier alpha value is -7.64. The van der Waals surface area contributed by atoms with E-state index in [9.17, 15) is 33.6 Å². The van der Waals surface area contributed by atoms with Crippen LogP contribution in [0.15, 0.2) is 124 Å². The van der Waals surface area contributed by atoms with Crippen LogP contribution in [-0.4, -0.2) is 111 Å². The molecule has 4 aromatic carbocycles. The Bertz CT molecular complexity index is 2810. The molecule has 1 aliphatic carbocycles. The van der Waals surface area contributed by atoms with Crippen molar-refractivity contribution in [2.45, 2.75) is 82.8 Å². The molecule has 5 amide bonds. The van der Waals surface area contributed by atoms with Crippen molar-refractivity contribution in [3.05, 3.63) is 147 Å². The van der Waals surface area contributed by atoms with Crippen LogP contribution in [0.5, 0.6) is 0 Å². The number of piperazine rings is 1. The molecular weight excluding hydrogens is 917 g/mol. The molecule has 3 aliphatic rings. The smallest absolute Gasteiger partial charge is 0.352 e. The summed E-state index contributed by atoms with van der Waals surface area (Å²) in [6.07, 6.45) is 4.47. The van der Waals surface area contributed by atoms with Crippen LogP contribution in [0.1, 0.15) is 91.7 Å². The van der Waals surface area contributed by atoms with Crippen LogP contribution >= 0.6 is 0 Å². The maximum Gasteiger partial charge on any atom is 0.352 e. The minimum absolute atomic E-state index is 0.0228. The van der Waals surface area contributed by atoms with Gasteiger partial charge < -0.3 is 32.3 Å². The minimum Gasteiger partial charge on any atom is -0.370 e. The third kappa shape index (κ3) is 11.9. The first kappa shape index (κ1) is 50.7. The Morgan fingerprint density at radius 2 is 1.35 bits per heavy atom. The maximum atomic E-state index is 14.2. The molecular formula is C53H64N12O7. The van der Waals surface area contributed by atoms with Crippen molar-refractivity contribution in [2.75, 3.05) is 51.1 Å². The molecule has 2 fully saturated rings. The predicted molar refractivity (Wildman–Crippen MR) is 274 cm³/mol. The van der Waals surface area contributed by atoms with E-state index >= 15 is 0 Å². The van der Waals surface area contributed by atoms with Gasteiger partial charge in [-0.1, -0.05) is 85.6 Å². The first-order chi connectivity index (χ1) is 34.9. The Kier molecular flexibility index (Phi) is 16.6. The second-order valence-corrected chi connectivity index (χ2v) is 18.8. The summed E-state index contributed by atoms with van der Waals surface area (Å²) in [5.41, 5.74) is 14.0. The van der Waals surface area contributed by atoms with Crippen molar-refractivity contribution in [3.63, 3.8) is 0 Å². The van der Waals surface area contributed by atoms with Crippen molar-refractivity contribution in [2.24, 2.45) is 21.9 Å². The van der Waals surface area contributed by atoms with Gasteiger partial charge in [-0.3, -0.25) is 39.2 Å². The van der Waals surface area contributed by atoms with Crippen LogP contribution in [0.25, 0.3) is 11.4 Å². The third-order valence-electron chi connectivity index (χ3n) is 13.9. The number of para-hydroxylation sites is 3. The number of nitrogens with one attached hydrogen (secondary N) is 4. The number of hydrogen-bond donors (Lipinski definition) is 6. The largest absolute Gasteiger partial charge is 0.370 e. The quantitative estimate of drug-likeness (QED) is 0.0401. The molecule has 19 nitrogen and oxygen atoms in total. The van der Waals surface area contributed by atoms with Gasteiger partial charge in [0.05, 0.1) is 17.4 Å². The molecule has 0 spiro atoms. The van der Waals surface area contributed by atoms with Gasteiger partial charge in [0.2, 0.25) is 23.6 Å². The average Bonchev–Trinajstić information content (AvgIpc) is 3.91. The van der Waals surface area contributed by atoms with Gasteiger partial charge in [0, 0.05) is 76.3 Å². The van der Waals surface area contributed by atoms with E-state index in [0.29, 0.717) is 75.3 Å². The van der Waals surface area contributed by atoms with Crippen LogP contribution in [0.4, 0.5) is 5.69 Å². The number of carbonyl (C=O) groups is 5. The van der Waals surface area contributed by atoms with E-state index in [-0.39, 0.29) is 80.9 Å². The highest BCUT2D eigenvalue weighted by Crippen LogP contribution is 2.45. The summed E-state index contributed by atoms with van der Waals surface area (Å²) in [5, 5.41) is 11.4. The van der Waals surface area contributed by atoms with Gasteiger partial charge in [-0.15, -0.1) is 0 Å². The number of anilines is 1. The molecule has 3 heterocycles. The van der Waals surface area contributed by atoms with Crippen LogP contribution in [0, 0.1) is 5.41 Å². The van der Waals surface area contributed by atoms with Gasteiger partial charge in [-0.25, -0.2) is 14.2 Å². The predicted octanol–water partition coefficient (Wildman–Crippen LogP) is 3.18. The van der Waals surface area contributed by atoms with E-state index in [0.717, 1.165) is 34.2 Å². The van der Waals surface area contributed by atoms with Crippen molar-refractivity contribution >= 4 is 41.2 Å². The lowest BCUT2D eigenvalue weighted by molar-refractivity contribution is -0.137. The maximum absolute atomic E-state index is 14.2. The number of nitrogens with zero attached hydrogens (tertiary/aromatic N) is 6. The van der Waals surface area contributed by atoms with E-state index < -0.39 is 28.7 Å². The van der Waals surface area contributed by atoms with Crippen LogP contribution in [0.2, 0.25) is 0 Å². The number of aliphatic imine (C=N–C) groups is 1. The fourth-order valence-corrected chi connectivity index (χ4v) is 10.3. The number of carbonyl (C=O) groups excluding carboxylic acids is 5. The van der Waals surface area contributed by atoms with Gasteiger partial charge in [-0.05, 0) is 91.6 Å². The zero-order valence-electron chi connectivity index (χ0n) is 40.5. The van der Waals surface area contributed by atoms with Gasteiger partial charge in [0.1, 0.15) is 6.04 Å². The number of rotatable bonds is 19. The fourth-order valence-electron chi connectivity index (χ4n) is 10.3. The van der Waals surface area contributed by atoms with Crippen molar-refractivity contribution in [1.29, 1.82) is 0 Å². The highest BCUT2D eigenvalue weighted by molar-refractivity contribution is 6.07. The monoisotopic (exact) mass is 981 g/mol. The molecule has 72 heavy (non-hydrogen) atoms. The molecule has 2 aliphatic heterocycles. The molecule has 1 saturated heterocycles. The van der Waals surface area contributed by atoms with Crippen molar-refractivity contribution in [1.82, 2.24) is 39.7 Å². The number of aromatic nitrogens is 3. The molecule has 378 valence electrons. The second-order valence-electron chi connectivity index (χ2n) is 18.8. The normalized spacial score (nSPS) is 17.0. The van der Waals surface area contributed by atoms with E-state index in [1.807, 2.05) is 65.6 Å². The second kappa shape index (κ2) is 23.5. The Morgan fingerprint density at radius 1 is 0.736 bits per heavy atom. The van der Waals surface area contributed by atoms with E-state index in [1.165, 1.54) is 9.36 Å². The van der Waals surface area contributed by atoms with Gasteiger partial charge >= 0.3 is 11.4 Å². The lowest BCUT2D eigenvalue weighted by atomic mass is 9.78. The Balaban J connectivity index is 0.928. The summed E-state index contributed by atoms with van der Waals surface area (Å²) in [6.45, 7) is 2.39. The third-order valence-corrected chi connectivity index (χ3v) is 13.9. The first-order valence-electron chi connectivity index (χ1n) is 24.9. The van der Waals surface area contributed by atoms with Crippen molar-refractivity contribution in [3.8, 4) is 11.4 Å². The number of guanidine groups is 1. The minimum atomic E-state index is -1.04. The SMILES string of the molecule is NCCCC(=O)NC(N)=NCCC[C@H](NC(=O)CC1(CC(=O)N2CCN(C3c4ccccc4NC(=O)c4ccccc43)CC2)CCCC1)C(=O)NCCn1c(=O)n(-c2ccccc2)n(-c2ccccc2)c1=O. The van der Waals surface area contributed by atoms with Gasteiger partial charge in [0.25, 0.3) is 5.91 Å². The molecule has 0 radical (unpaired) electrons. The van der Waals surface area contributed by atoms with E-state index in [2.05, 4.69) is 31.2 Å². The molecule has 1 saturated carbocycles. The zero-order valence-corrected chi connectivity index (χ0v) is 40.5. The summed E-state index contributed by atoms with van der Waals surface area (Å²) in [7, 11) is 0. The Morgan fingerprint density at radius 3 is 2.00 bits per heavy atom. The van der Waals surface area contributed by atoms with Gasteiger partial charge in [-0.2, -0.15) is 9.36 Å². The van der Waals surface area contributed by atoms with E-state index in [4.69, 9.17) is 11.5 Å². The summed E-state index contributed by atoms with van der Waals surface area (Å²) in [5.74, 6) is -1.46. The molecule has 1 unspecified atom stereocenters. The number of fused-ring (bicyclic) bond motifs is 2. The highest BCUT2D eigenvalue weighted by atomic mass is 16.2. The lowest BCUT2D eigenvalue weighted by Gasteiger charge is -2.41. The highest BCUT2D eigenvalue weighted by Gasteiger charge is 2.41. The topological polar surface area (TPSA) is 253 Å².